The zero-order chi connectivity index (χ0) is 14.8. The number of aromatic hydroxyl groups is 1. The van der Waals surface area contributed by atoms with E-state index in [9.17, 15) is 9.50 Å². The Morgan fingerprint density at radius 1 is 1.24 bits per heavy atom. The van der Waals surface area contributed by atoms with Crippen LogP contribution in [0.5, 0.6) is 11.5 Å². The monoisotopic (exact) mass is 287 g/mol. The van der Waals surface area contributed by atoms with Gasteiger partial charge in [0.05, 0.1) is 13.3 Å². The third kappa shape index (κ3) is 2.53. The second-order valence-electron chi connectivity index (χ2n) is 4.17. The molecule has 0 spiro atoms. The molecule has 0 atom stereocenters. The summed E-state index contributed by atoms with van der Waals surface area (Å²) in [6.45, 7) is 0. The highest BCUT2D eigenvalue weighted by molar-refractivity contribution is 5.61. The highest BCUT2D eigenvalue weighted by Gasteiger charge is 2.13. The SMILES string of the molecule is COc1cc(-c2nc(-c3ccc(F)cn3)no2)ccc1O. The highest BCUT2D eigenvalue weighted by Crippen LogP contribution is 2.31. The summed E-state index contributed by atoms with van der Waals surface area (Å²) in [4.78, 5) is 8.06. The number of pyridine rings is 1. The fraction of sp³-hybridized carbons (Fsp3) is 0.0714. The van der Waals surface area contributed by atoms with Crippen LogP contribution in [0.1, 0.15) is 0 Å². The van der Waals surface area contributed by atoms with Gasteiger partial charge in [0.15, 0.2) is 11.5 Å². The van der Waals surface area contributed by atoms with Crippen LogP contribution in [0.3, 0.4) is 0 Å². The summed E-state index contributed by atoms with van der Waals surface area (Å²) in [7, 11) is 1.44. The van der Waals surface area contributed by atoms with Crippen LogP contribution in [0.4, 0.5) is 4.39 Å². The number of phenolic OH excluding ortho intramolecular Hbond substituents is 1. The first kappa shape index (κ1) is 13.0. The van der Waals surface area contributed by atoms with E-state index in [0.29, 0.717) is 17.0 Å². The maximum absolute atomic E-state index is 12.8. The number of hydrogen-bond acceptors (Lipinski definition) is 6. The molecule has 0 aliphatic carbocycles. The van der Waals surface area contributed by atoms with Crippen molar-refractivity contribution >= 4 is 0 Å². The van der Waals surface area contributed by atoms with Crippen molar-refractivity contribution in [3.8, 4) is 34.5 Å². The summed E-state index contributed by atoms with van der Waals surface area (Å²) in [6.07, 6.45) is 1.08. The number of hydrogen-bond donors (Lipinski definition) is 1. The predicted molar refractivity (Wildman–Crippen MR) is 71.1 cm³/mol. The Labute approximate surface area is 118 Å². The fourth-order valence-corrected chi connectivity index (χ4v) is 1.76. The van der Waals surface area contributed by atoms with Gasteiger partial charge in [-0.2, -0.15) is 4.98 Å². The van der Waals surface area contributed by atoms with Crippen LogP contribution in [-0.2, 0) is 0 Å². The van der Waals surface area contributed by atoms with Crippen molar-refractivity contribution in [2.24, 2.45) is 0 Å². The number of methoxy groups -OCH3 is 1. The molecule has 3 rings (SSSR count). The van der Waals surface area contributed by atoms with Crippen molar-refractivity contribution in [3.05, 3.63) is 42.3 Å². The van der Waals surface area contributed by atoms with Gasteiger partial charge in [-0.05, 0) is 30.3 Å². The first-order chi connectivity index (χ1) is 10.2. The molecule has 0 saturated carbocycles. The first-order valence-corrected chi connectivity index (χ1v) is 6.00. The highest BCUT2D eigenvalue weighted by atomic mass is 19.1. The van der Waals surface area contributed by atoms with E-state index >= 15 is 0 Å². The van der Waals surface area contributed by atoms with E-state index in [1.54, 1.807) is 12.1 Å². The number of phenols is 1. The summed E-state index contributed by atoms with van der Waals surface area (Å²) in [6, 6.07) is 7.38. The molecule has 6 nitrogen and oxygen atoms in total. The summed E-state index contributed by atoms with van der Waals surface area (Å²) >= 11 is 0. The Balaban J connectivity index is 1.96. The fourth-order valence-electron chi connectivity index (χ4n) is 1.76. The van der Waals surface area contributed by atoms with Gasteiger partial charge in [-0.15, -0.1) is 0 Å². The molecule has 7 heteroatoms. The third-order valence-corrected chi connectivity index (χ3v) is 2.81. The molecule has 0 aliphatic heterocycles. The Hall–Kier alpha value is -2.96. The molecule has 1 aromatic carbocycles. The summed E-state index contributed by atoms with van der Waals surface area (Å²) in [5, 5.41) is 13.3. The van der Waals surface area contributed by atoms with E-state index in [0.717, 1.165) is 6.20 Å². The molecule has 0 saturated heterocycles. The number of ether oxygens (including phenoxy) is 1. The van der Waals surface area contributed by atoms with Crippen molar-refractivity contribution in [1.29, 1.82) is 0 Å². The molecular weight excluding hydrogens is 277 g/mol. The Bertz CT molecular complexity index is 771. The van der Waals surface area contributed by atoms with Crippen LogP contribution < -0.4 is 4.74 Å². The molecule has 0 amide bonds. The zero-order valence-electron chi connectivity index (χ0n) is 10.9. The summed E-state index contributed by atoms with van der Waals surface area (Å²) in [5.41, 5.74) is 0.989. The van der Waals surface area contributed by atoms with E-state index in [1.165, 1.54) is 25.3 Å². The Morgan fingerprint density at radius 2 is 2.10 bits per heavy atom. The molecule has 21 heavy (non-hydrogen) atoms. The van der Waals surface area contributed by atoms with E-state index in [1.807, 2.05) is 0 Å². The Morgan fingerprint density at radius 3 is 2.81 bits per heavy atom. The van der Waals surface area contributed by atoms with E-state index in [2.05, 4.69) is 15.1 Å². The number of aromatic nitrogens is 3. The third-order valence-electron chi connectivity index (χ3n) is 2.81. The standard InChI is InChI=1S/C14H10FN3O3/c1-20-12-6-8(2-5-11(12)19)14-17-13(18-21-14)10-4-3-9(15)7-16-10/h2-7,19H,1H3. The average molecular weight is 287 g/mol. The van der Waals surface area contributed by atoms with Gasteiger partial charge < -0.3 is 14.4 Å². The molecule has 0 radical (unpaired) electrons. The molecule has 1 N–H and O–H groups in total. The van der Waals surface area contributed by atoms with Gasteiger partial charge in [0.25, 0.3) is 5.89 Å². The van der Waals surface area contributed by atoms with Gasteiger partial charge in [0.2, 0.25) is 5.82 Å². The molecule has 2 aromatic heterocycles. The molecular formula is C14H10FN3O3. The Kier molecular flexibility index (Phi) is 3.23. The molecule has 106 valence electrons. The topological polar surface area (TPSA) is 81.3 Å². The van der Waals surface area contributed by atoms with E-state index < -0.39 is 5.82 Å². The second kappa shape index (κ2) is 5.20. The van der Waals surface area contributed by atoms with Crippen molar-refractivity contribution < 1.29 is 18.8 Å². The minimum atomic E-state index is -0.439. The molecule has 0 fully saturated rings. The quantitative estimate of drug-likeness (QED) is 0.797. The molecule has 3 aromatic rings. The lowest BCUT2D eigenvalue weighted by molar-refractivity contribution is 0.373. The van der Waals surface area contributed by atoms with Gasteiger partial charge >= 0.3 is 0 Å². The van der Waals surface area contributed by atoms with Crippen LogP contribution in [0.25, 0.3) is 23.0 Å². The van der Waals surface area contributed by atoms with Crippen molar-refractivity contribution in [2.45, 2.75) is 0 Å². The molecule has 0 aliphatic rings. The van der Waals surface area contributed by atoms with Gasteiger partial charge in [-0.25, -0.2) is 9.37 Å². The minimum Gasteiger partial charge on any atom is -0.504 e. The number of benzene rings is 1. The minimum absolute atomic E-state index is 0.0150. The van der Waals surface area contributed by atoms with Crippen LogP contribution in [0.2, 0.25) is 0 Å². The van der Waals surface area contributed by atoms with Crippen LogP contribution in [0.15, 0.2) is 41.1 Å². The largest absolute Gasteiger partial charge is 0.504 e. The maximum Gasteiger partial charge on any atom is 0.258 e. The zero-order valence-corrected chi connectivity index (χ0v) is 10.9. The normalized spacial score (nSPS) is 10.6. The van der Waals surface area contributed by atoms with Crippen LogP contribution in [0, 0.1) is 5.82 Å². The van der Waals surface area contributed by atoms with Crippen molar-refractivity contribution in [3.63, 3.8) is 0 Å². The van der Waals surface area contributed by atoms with Gasteiger partial charge in [-0.1, -0.05) is 5.16 Å². The first-order valence-electron chi connectivity index (χ1n) is 6.00. The average Bonchev–Trinajstić information content (AvgIpc) is 2.98. The maximum atomic E-state index is 12.8. The lowest BCUT2D eigenvalue weighted by atomic mass is 10.2. The predicted octanol–water partition coefficient (Wildman–Crippen LogP) is 2.65. The molecule has 2 heterocycles. The lowest BCUT2D eigenvalue weighted by Crippen LogP contribution is -1.87. The van der Waals surface area contributed by atoms with Crippen LogP contribution >= 0.6 is 0 Å². The van der Waals surface area contributed by atoms with Gasteiger partial charge in [-0.3, -0.25) is 0 Å². The number of halogens is 1. The van der Waals surface area contributed by atoms with Crippen molar-refractivity contribution in [2.75, 3.05) is 7.11 Å². The smallest absolute Gasteiger partial charge is 0.258 e. The van der Waals surface area contributed by atoms with E-state index in [4.69, 9.17) is 9.26 Å². The number of rotatable bonds is 3. The lowest BCUT2D eigenvalue weighted by Gasteiger charge is -2.03. The second-order valence-corrected chi connectivity index (χ2v) is 4.17. The van der Waals surface area contributed by atoms with Gasteiger partial charge in [0, 0.05) is 5.56 Å². The summed E-state index contributed by atoms with van der Waals surface area (Å²) in [5.74, 6) is 0.366. The number of nitrogens with zero attached hydrogens (tertiary/aromatic N) is 3. The van der Waals surface area contributed by atoms with E-state index in [-0.39, 0.29) is 17.5 Å². The van der Waals surface area contributed by atoms with Crippen LogP contribution in [-0.4, -0.2) is 27.3 Å². The van der Waals surface area contributed by atoms with Gasteiger partial charge in [0.1, 0.15) is 11.5 Å². The summed E-state index contributed by atoms with van der Waals surface area (Å²) < 4.78 is 23.0. The molecule has 0 unspecified atom stereocenters. The molecule has 0 bridgehead atoms. The van der Waals surface area contributed by atoms with Crippen molar-refractivity contribution in [1.82, 2.24) is 15.1 Å².